The molecule has 2 N–H and O–H groups in total. The van der Waals surface area contributed by atoms with Gasteiger partial charge in [0.2, 0.25) is 5.79 Å². The lowest BCUT2D eigenvalue weighted by atomic mass is 9.73. The number of rotatable bonds is 3. The highest BCUT2D eigenvalue weighted by molar-refractivity contribution is 5.88. The normalized spacial score (nSPS) is 26.6. The summed E-state index contributed by atoms with van der Waals surface area (Å²) < 4.78 is 11.3. The van der Waals surface area contributed by atoms with Gasteiger partial charge < -0.3 is 19.4 Å². The molecule has 5 heteroatoms. The van der Waals surface area contributed by atoms with Crippen LogP contribution in [0.1, 0.15) is 31.4 Å². The van der Waals surface area contributed by atoms with E-state index < -0.39 is 22.9 Å². The molecule has 1 aromatic carbocycles. The van der Waals surface area contributed by atoms with Gasteiger partial charge in [0.1, 0.15) is 17.4 Å². The van der Waals surface area contributed by atoms with E-state index in [1.165, 1.54) is 0 Å². The molecule has 0 radical (unpaired) electrons. The lowest BCUT2D eigenvalue weighted by molar-refractivity contribution is -0.212. The molecule has 0 amide bonds. The smallest absolute Gasteiger partial charge is 0.344 e. The van der Waals surface area contributed by atoms with Crippen LogP contribution in [0.2, 0.25) is 0 Å². The summed E-state index contributed by atoms with van der Waals surface area (Å²) in [5.74, 6) is -1.70. The maximum atomic E-state index is 12.6. The molecule has 2 heterocycles. The Morgan fingerprint density at radius 1 is 1.44 bits per heavy atom. The van der Waals surface area contributed by atoms with Gasteiger partial charge in [-0.15, -0.1) is 6.58 Å². The number of aliphatic hydroxyl groups is 2. The van der Waals surface area contributed by atoms with Gasteiger partial charge in [0.05, 0.1) is 10.9 Å². The first kappa shape index (κ1) is 17.5. The van der Waals surface area contributed by atoms with E-state index in [1.54, 1.807) is 32.1 Å². The van der Waals surface area contributed by atoms with Crippen molar-refractivity contribution in [1.82, 2.24) is 0 Å². The predicted octanol–water partition coefficient (Wildman–Crippen LogP) is 2.95. The minimum atomic E-state index is -1.93. The molecule has 0 fully saturated rings. The second-order valence-corrected chi connectivity index (χ2v) is 7.04. The van der Waals surface area contributed by atoms with Crippen molar-refractivity contribution in [3.63, 3.8) is 0 Å². The summed E-state index contributed by atoms with van der Waals surface area (Å²) in [6.45, 7) is 12.8. The van der Waals surface area contributed by atoms with E-state index in [0.717, 1.165) is 5.56 Å². The monoisotopic (exact) mass is 342 g/mol. The highest BCUT2D eigenvalue weighted by Gasteiger charge is 2.51. The maximum Gasteiger partial charge on any atom is 0.344 e. The van der Waals surface area contributed by atoms with Crippen molar-refractivity contribution in [2.75, 3.05) is 0 Å². The average Bonchev–Trinajstić information content (AvgIpc) is 2.53. The number of aryl methyl sites for hydroxylation is 1. The van der Waals surface area contributed by atoms with Crippen molar-refractivity contribution >= 4 is 11.0 Å². The zero-order valence-electron chi connectivity index (χ0n) is 14.6. The number of fused-ring (bicyclic) bond motifs is 3. The lowest BCUT2D eigenvalue weighted by Crippen LogP contribution is -2.55. The Labute approximate surface area is 145 Å². The molecule has 3 unspecified atom stereocenters. The molecule has 1 aromatic heterocycles. The Morgan fingerprint density at radius 3 is 2.72 bits per heavy atom. The summed E-state index contributed by atoms with van der Waals surface area (Å²) >= 11 is 0. The van der Waals surface area contributed by atoms with E-state index in [0.29, 0.717) is 22.1 Å². The fourth-order valence-electron chi connectivity index (χ4n) is 3.52. The molecule has 0 spiro atoms. The lowest BCUT2D eigenvalue weighted by Gasteiger charge is -2.44. The molecule has 0 saturated carbocycles. The molecular formula is C20H22O5. The van der Waals surface area contributed by atoms with Gasteiger partial charge in [-0.3, -0.25) is 0 Å². The third-order valence-corrected chi connectivity index (χ3v) is 4.91. The van der Waals surface area contributed by atoms with Crippen LogP contribution in [0.5, 0.6) is 5.75 Å². The number of hydrogen-bond donors (Lipinski definition) is 2. The summed E-state index contributed by atoms with van der Waals surface area (Å²) in [5, 5.41) is 22.1. The summed E-state index contributed by atoms with van der Waals surface area (Å²) in [7, 11) is 0. The Morgan fingerprint density at radius 2 is 2.12 bits per heavy atom. The van der Waals surface area contributed by atoms with Crippen molar-refractivity contribution in [3.05, 3.63) is 64.6 Å². The summed E-state index contributed by atoms with van der Waals surface area (Å²) in [6, 6.07) is 5.30. The van der Waals surface area contributed by atoms with Crippen molar-refractivity contribution in [2.45, 2.75) is 44.5 Å². The first-order chi connectivity index (χ1) is 11.6. The van der Waals surface area contributed by atoms with E-state index in [-0.39, 0.29) is 12.2 Å². The fourth-order valence-corrected chi connectivity index (χ4v) is 3.52. The van der Waals surface area contributed by atoms with Crippen LogP contribution in [0, 0.1) is 6.92 Å². The Bertz CT molecular complexity index is 941. The largest absolute Gasteiger partial charge is 0.458 e. The third-order valence-electron chi connectivity index (χ3n) is 4.91. The predicted molar refractivity (Wildman–Crippen MR) is 95.8 cm³/mol. The molecule has 0 saturated heterocycles. The van der Waals surface area contributed by atoms with Crippen molar-refractivity contribution in [2.24, 2.45) is 0 Å². The summed E-state index contributed by atoms with van der Waals surface area (Å²) in [6.07, 6.45) is 0.212. The number of aliphatic hydroxyl groups excluding tert-OH is 1. The number of ether oxygens (including phenoxy) is 1. The summed E-state index contributed by atoms with van der Waals surface area (Å²) in [5.41, 5.74) is 0.379. The highest BCUT2D eigenvalue weighted by atomic mass is 16.6. The molecule has 2 aromatic rings. The van der Waals surface area contributed by atoms with Gasteiger partial charge in [0, 0.05) is 11.8 Å². The molecule has 132 valence electrons. The molecule has 5 nitrogen and oxygen atoms in total. The van der Waals surface area contributed by atoms with E-state index in [1.807, 2.05) is 13.0 Å². The Balaban J connectivity index is 2.40. The van der Waals surface area contributed by atoms with Crippen LogP contribution in [-0.4, -0.2) is 22.1 Å². The van der Waals surface area contributed by atoms with Crippen LogP contribution in [0.4, 0.5) is 0 Å². The first-order valence-electron chi connectivity index (χ1n) is 8.08. The minimum Gasteiger partial charge on any atom is -0.458 e. The second kappa shape index (κ2) is 5.58. The zero-order chi connectivity index (χ0) is 18.6. The highest BCUT2D eigenvalue weighted by Crippen LogP contribution is 2.48. The van der Waals surface area contributed by atoms with Gasteiger partial charge in [-0.25, -0.2) is 4.79 Å². The number of benzene rings is 1. The van der Waals surface area contributed by atoms with E-state index in [4.69, 9.17) is 9.15 Å². The molecule has 1 aliphatic rings. The van der Waals surface area contributed by atoms with Gasteiger partial charge in [-0.1, -0.05) is 31.7 Å². The molecular weight excluding hydrogens is 320 g/mol. The van der Waals surface area contributed by atoms with Crippen LogP contribution in [0.25, 0.3) is 11.0 Å². The van der Waals surface area contributed by atoms with Gasteiger partial charge >= 0.3 is 5.63 Å². The topological polar surface area (TPSA) is 79.9 Å². The third kappa shape index (κ3) is 2.51. The molecule has 3 rings (SSSR count). The Kier molecular flexibility index (Phi) is 3.89. The molecule has 1 aliphatic heterocycles. The number of allylic oxidation sites excluding steroid dienone is 1. The Hall–Kier alpha value is -2.37. The fraction of sp³-hybridized carbons (Fsp3) is 0.350. The molecule has 0 aliphatic carbocycles. The van der Waals surface area contributed by atoms with E-state index in [2.05, 4.69) is 13.2 Å². The van der Waals surface area contributed by atoms with Crippen molar-refractivity contribution < 1.29 is 19.4 Å². The first-order valence-corrected chi connectivity index (χ1v) is 8.08. The van der Waals surface area contributed by atoms with Gasteiger partial charge in [-0.05, 0) is 31.1 Å². The zero-order valence-corrected chi connectivity index (χ0v) is 14.6. The standard InChI is InChI=1S/C20H22O5/c1-6-19(5)10-20(23,17(21)11(2)3)25-16-14-12(4)8-7-9-13(14)24-18(22)15(16)19/h6-9,17,21,23H,1-2,10H2,3-5H3. The SMILES string of the molecule is C=CC1(C)CC(O)(C(O)C(=C)C)Oc2c1c(=O)oc1cccc(C)c21. The average molecular weight is 342 g/mol. The van der Waals surface area contributed by atoms with Gasteiger partial charge in [0.15, 0.2) is 0 Å². The van der Waals surface area contributed by atoms with Gasteiger partial charge in [-0.2, -0.15) is 0 Å². The van der Waals surface area contributed by atoms with Crippen LogP contribution in [-0.2, 0) is 5.41 Å². The molecule has 0 bridgehead atoms. The number of hydrogen-bond acceptors (Lipinski definition) is 5. The van der Waals surface area contributed by atoms with Crippen molar-refractivity contribution in [3.8, 4) is 5.75 Å². The summed E-state index contributed by atoms with van der Waals surface area (Å²) in [4.78, 5) is 12.6. The second-order valence-electron chi connectivity index (χ2n) is 7.04. The minimum absolute atomic E-state index is 0.0489. The van der Waals surface area contributed by atoms with Crippen LogP contribution in [0.15, 0.2) is 52.2 Å². The van der Waals surface area contributed by atoms with Gasteiger partial charge in [0.25, 0.3) is 0 Å². The van der Waals surface area contributed by atoms with E-state index >= 15 is 0 Å². The van der Waals surface area contributed by atoms with E-state index in [9.17, 15) is 15.0 Å². The molecule has 3 atom stereocenters. The quantitative estimate of drug-likeness (QED) is 0.662. The maximum absolute atomic E-state index is 12.6. The molecule has 25 heavy (non-hydrogen) atoms. The van der Waals surface area contributed by atoms with Crippen LogP contribution < -0.4 is 10.4 Å². The van der Waals surface area contributed by atoms with Crippen LogP contribution >= 0.6 is 0 Å². The van der Waals surface area contributed by atoms with Crippen molar-refractivity contribution in [1.29, 1.82) is 0 Å². The van der Waals surface area contributed by atoms with Crippen LogP contribution in [0.3, 0.4) is 0 Å².